The van der Waals surface area contributed by atoms with Gasteiger partial charge in [-0.3, -0.25) is 0 Å². The Hall–Kier alpha value is -1.97. The van der Waals surface area contributed by atoms with Gasteiger partial charge in [-0.15, -0.1) is 0 Å². The lowest BCUT2D eigenvalue weighted by atomic mass is 10.0. The van der Waals surface area contributed by atoms with Crippen molar-refractivity contribution in [2.75, 3.05) is 0 Å². The molecule has 2 aromatic rings. The van der Waals surface area contributed by atoms with Crippen molar-refractivity contribution in [2.24, 2.45) is 0 Å². The van der Waals surface area contributed by atoms with E-state index < -0.39 is 11.7 Å². The predicted molar refractivity (Wildman–Crippen MR) is 58.5 cm³/mol. The van der Waals surface area contributed by atoms with Gasteiger partial charge in [-0.05, 0) is 35.4 Å². The van der Waals surface area contributed by atoms with E-state index >= 15 is 0 Å². The van der Waals surface area contributed by atoms with E-state index in [1.54, 1.807) is 12.1 Å². The third-order valence-electron chi connectivity index (χ3n) is 2.39. The molecule has 0 aliphatic heterocycles. The molecule has 0 radical (unpaired) electrons. The summed E-state index contributed by atoms with van der Waals surface area (Å²) < 4.78 is 37.0. The number of alkyl halides is 3. The van der Waals surface area contributed by atoms with E-state index in [1.165, 1.54) is 24.3 Å². The lowest BCUT2D eigenvalue weighted by molar-refractivity contribution is -0.137. The van der Waals surface area contributed by atoms with Gasteiger partial charge in [0.1, 0.15) is 5.75 Å². The van der Waals surface area contributed by atoms with Gasteiger partial charge >= 0.3 is 6.18 Å². The number of phenolic OH excluding ortho intramolecular Hbond substituents is 1. The fraction of sp³-hybridized carbons (Fsp3) is 0.0769. The second-order valence-corrected chi connectivity index (χ2v) is 3.63. The first kappa shape index (κ1) is 11.5. The Morgan fingerprint density at radius 2 is 1.47 bits per heavy atom. The van der Waals surface area contributed by atoms with E-state index in [-0.39, 0.29) is 5.75 Å². The molecule has 0 saturated carbocycles. The number of halogens is 3. The number of hydrogen-bond acceptors (Lipinski definition) is 1. The molecule has 1 N–H and O–H groups in total. The fourth-order valence-corrected chi connectivity index (χ4v) is 1.54. The van der Waals surface area contributed by atoms with Crippen molar-refractivity contribution < 1.29 is 18.3 Å². The maximum Gasteiger partial charge on any atom is 0.416 e. The topological polar surface area (TPSA) is 20.2 Å². The molecule has 0 fully saturated rings. The van der Waals surface area contributed by atoms with Crippen LogP contribution in [0.2, 0.25) is 0 Å². The zero-order chi connectivity index (χ0) is 12.5. The summed E-state index contributed by atoms with van der Waals surface area (Å²) in [5.41, 5.74) is 0.633. The Balaban J connectivity index is 2.36. The molecule has 0 atom stereocenters. The predicted octanol–water partition coefficient (Wildman–Crippen LogP) is 4.08. The Kier molecular flexibility index (Phi) is 2.79. The van der Waals surface area contributed by atoms with E-state index in [0.717, 1.165) is 12.1 Å². The molecule has 17 heavy (non-hydrogen) atoms. The SMILES string of the molecule is Oc1cccc(-c2ccc(C(F)(F)F)cc2)c1. The molecule has 2 rings (SSSR count). The average molecular weight is 238 g/mol. The molecule has 4 heteroatoms. The first-order chi connectivity index (χ1) is 7.97. The van der Waals surface area contributed by atoms with Crippen LogP contribution < -0.4 is 0 Å². The van der Waals surface area contributed by atoms with Gasteiger partial charge < -0.3 is 5.11 Å². The van der Waals surface area contributed by atoms with E-state index in [1.807, 2.05) is 0 Å². The van der Waals surface area contributed by atoms with Gasteiger partial charge in [-0.2, -0.15) is 13.2 Å². The number of hydrogen-bond donors (Lipinski definition) is 1. The number of phenols is 1. The molecule has 0 aliphatic carbocycles. The van der Waals surface area contributed by atoms with Crippen LogP contribution in [0.1, 0.15) is 5.56 Å². The minimum atomic E-state index is -4.32. The Morgan fingerprint density at radius 1 is 0.824 bits per heavy atom. The zero-order valence-electron chi connectivity index (χ0n) is 8.70. The molecule has 0 saturated heterocycles. The van der Waals surface area contributed by atoms with Crippen LogP contribution in [0.25, 0.3) is 11.1 Å². The molecule has 0 heterocycles. The molecular formula is C13H9F3O. The van der Waals surface area contributed by atoms with Crippen molar-refractivity contribution in [3.63, 3.8) is 0 Å². The largest absolute Gasteiger partial charge is 0.508 e. The second-order valence-electron chi connectivity index (χ2n) is 3.63. The van der Waals surface area contributed by atoms with Gasteiger partial charge in [0.15, 0.2) is 0 Å². The quantitative estimate of drug-likeness (QED) is 0.793. The summed E-state index contributed by atoms with van der Waals surface area (Å²) in [5, 5.41) is 9.28. The summed E-state index contributed by atoms with van der Waals surface area (Å²) in [6.45, 7) is 0. The smallest absolute Gasteiger partial charge is 0.416 e. The standard InChI is InChI=1S/C13H9F3O/c14-13(15,16)11-6-4-9(5-7-11)10-2-1-3-12(17)8-10/h1-8,17H. The molecule has 2 aromatic carbocycles. The maximum absolute atomic E-state index is 12.3. The van der Waals surface area contributed by atoms with Crippen LogP contribution in [-0.4, -0.2) is 5.11 Å². The molecule has 0 aliphatic rings. The molecule has 88 valence electrons. The number of aromatic hydroxyl groups is 1. The first-order valence-electron chi connectivity index (χ1n) is 4.93. The van der Waals surface area contributed by atoms with Crippen LogP contribution in [0.4, 0.5) is 13.2 Å². The molecule has 0 spiro atoms. The average Bonchev–Trinajstić information content (AvgIpc) is 2.28. The highest BCUT2D eigenvalue weighted by Gasteiger charge is 2.29. The first-order valence-corrected chi connectivity index (χ1v) is 4.93. The minimum Gasteiger partial charge on any atom is -0.508 e. The van der Waals surface area contributed by atoms with Crippen LogP contribution in [0.5, 0.6) is 5.75 Å². The van der Waals surface area contributed by atoms with E-state index in [2.05, 4.69) is 0 Å². The van der Waals surface area contributed by atoms with E-state index in [9.17, 15) is 18.3 Å². The van der Waals surface area contributed by atoms with Gasteiger partial charge in [-0.25, -0.2) is 0 Å². The highest BCUT2D eigenvalue weighted by molar-refractivity contribution is 5.65. The number of benzene rings is 2. The fourth-order valence-electron chi connectivity index (χ4n) is 1.54. The summed E-state index contributed by atoms with van der Waals surface area (Å²) in [7, 11) is 0. The van der Waals surface area contributed by atoms with Crippen molar-refractivity contribution in [1.82, 2.24) is 0 Å². The number of rotatable bonds is 1. The van der Waals surface area contributed by atoms with Crippen molar-refractivity contribution >= 4 is 0 Å². The summed E-state index contributed by atoms with van der Waals surface area (Å²) >= 11 is 0. The van der Waals surface area contributed by atoms with Gasteiger partial charge in [0.2, 0.25) is 0 Å². The third kappa shape index (κ3) is 2.58. The summed E-state index contributed by atoms with van der Waals surface area (Å²) in [6, 6.07) is 11.2. The Bertz CT molecular complexity index is 515. The lowest BCUT2D eigenvalue weighted by Crippen LogP contribution is -2.03. The van der Waals surface area contributed by atoms with Gasteiger partial charge in [0.25, 0.3) is 0 Å². The van der Waals surface area contributed by atoms with Crippen LogP contribution in [0.15, 0.2) is 48.5 Å². The summed E-state index contributed by atoms with van der Waals surface area (Å²) in [5.74, 6) is 0.0856. The molecule has 0 amide bonds. The monoisotopic (exact) mass is 238 g/mol. The zero-order valence-corrected chi connectivity index (χ0v) is 8.70. The second kappa shape index (κ2) is 4.13. The normalized spacial score (nSPS) is 11.5. The molecule has 0 unspecified atom stereocenters. The highest BCUT2D eigenvalue weighted by Crippen LogP contribution is 2.31. The van der Waals surface area contributed by atoms with Crippen molar-refractivity contribution in [3.8, 4) is 16.9 Å². The lowest BCUT2D eigenvalue weighted by Gasteiger charge is -2.07. The van der Waals surface area contributed by atoms with Crippen LogP contribution in [-0.2, 0) is 6.18 Å². The molecule has 0 bridgehead atoms. The van der Waals surface area contributed by atoms with Gasteiger partial charge in [-0.1, -0.05) is 24.3 Å². The summed E-state index contributed by atoms with van der Waals surface area (Å²) in [4.78, 5) is 0. The maximum atomic E-state index is 12.3. The van der Waals surface area contributed by atoms with Crippen LogP contribution >= 0.6 is 0 Å². The summed E-state index contributed by atoms with van der Waals surface area (Å²) in [6.07, 6.45) is -4.32. The van der Waals surface area contributed by atoms with Gasteiger partial charge in [0, 0.05) is 0 Å². The molecule has 1 nitrogen and oxygen atoms in total. The van der Waals surface area contributed by atoms with E-state index in [0.29, 0.717) is 11.1 Å². The Labute approximate surface area is 96.1 Å². The molecule has 0 aromatic heterocycles. The third-order valence-corrected chi connectivity index (χ3v) is 2.39. The van der Waals surface area contributed by atoms with Crippen molar-refractivity contribution in [1.29, 1.82) is 0 Å². The molecular weight excluding hydrogens is 229 g/mol. The van der Waals surface area contributed by atoms with E-state index in [4.69, 9.17) is 0 Å². The van der Waals surface area contributed by atoms with Crippen LogP contribution in [0.3, 0.4) is 0 Å². The van der Waals surface area contributed by atoms with Gasteiger partial charge in [0.05, 0.1) is 5.56 Å². The van der Waals surface area contributed by atoms with Crippen LogP contribution in [0, 0.1) is 0 Å². The highest BCUT2D eigenvalue weighted by atomic mass is 19.4. The van der Waals surface area contributed by atoms with Crippen molar-refractivity contribution in [3.05, 3.63) is 54.1 Å². The van der Waals surface area contributed by atoms with Crippen molar-refractivity contribution in [2.45, 2.75) is 6.18 Å². The minimum absolute atomic E-state index is 0.0856. The Morgan fingerprint density at radius 3 is 2.00 bits per heavy atom.